The second-order valence-corrected chi connectivity index (χ2v) is 7.57. The van der Waals surface area contributed by atoms with Gasteiger partial charge in [-0.3, -0.25) is 0 Å². The molecule has 0 bridgehead atoms. The molecule has 2 N–H and O–H groups in total. The number of hydrogen-bond acceptors (Lipinski definition) is 2. The summed E-state index contributed by atoms with van der Waals surface area (Å²) in [6.07, 6.45) is 0. The van der Waals surface area contributed by atoms with Crippen LogP contribution in [0.15, 0.2) is 66.7 Å². The van der Waals surface area contributed by atoms with Gasteiger partial charge in [-0.25, -0.2) is 13.6 Å². The van der Waals surface area contributed by atoms with Crippen molar-refractivity contribution in [2.45, 2.75) is 19.6 Å². The number of carbonyl (C=O) groups is 1. The minimum Gasteiger partial charge on any atom is -0.477 e. The number of nitrogens with zero attached hydrogens (tertiary/aromatic N) is 1. The second-order valence-electron chi connectivity index (χ2n) is 7.17. The van der Waals surface area contributed by atoms with E-state index in [0.29, 0.717) is 16.7 Å². The van der Waals surface area contributed by atoms with Gasteiger partial charge >= 0.3 is 5.97 Å². The lowest BCUT2D eigenvalue weighted by molar-refractivity contribution is 0.0684. The molecular weight excluding hydrogens is 422 g/mol. The van der Waals surface area contributed by atoms with Crippen LogP contribution in [0, 0.1) is 11.6 Å². The van der Waals surface area contributed by atoms with E-state index in [1.165, 1.54) is 18.2 Å². The molecule has 7 heteroatoms. The maximum atomic E-state index is 13.9. The molecular formula is C24H19ClF2N2O2. The maximum absolute atomic E-state index is 13.9. The van der Waals surface area contributed by atoms with E-state index < -0.39 is 11.8 Å². The fourth-order valence-electron chi connectivity index (χ4n) is 3.75. The van der Waals surface area contributed by atoms with Crippen LogP contribution in [0.1, 0.15) is 27.2 Å². The number of aromatic nitrogens is 1. The van der Waals surface area contributed by atoms with Crippen molar-refractivity contribution in [3.05, 3.63) is 106 Å². The lowest BCUT2D eigenvalue weighted by Gasteiger charge is -2.11. The van der Waals surface area contributed by atoms with Crippen molar-refractivity contribution in [1.82, 2.24) is 9.88 Å². The molecule has 0 aliphatic heterocycles. The molecule has 0 unspecified atom stereocenters. The average Bonchev–Trinajstić information content (AvgIpc) is 3.05. The van der Waals surface area contributed by atoms with Gasteiger partial charge in [-0.2, -0.15) is 0 Å². The highest BCUT2D eigenvalue weighted by Crippen LogP contribution is 2.29. The number of benzene rings is 3. The van der Waals surface area contributed by atoms with Crippen LogP contribution in [-0.2, 0) is 19.6 Å². The van der Waals surface area contributed by atoms with Gasteiger partial charge < -0.3 is 15.0 Å². The van der Waals surface area contributed by atoms with Gasteiger partial charge in [0.05, 0.1) is 0 Å². The molecule has 158 valence electrons. The largest absolute Gasteiger partial charge is 0.477 e. The van der Waals surface area contributed by atoms with E-state index in [-0.39, 0.29) is 36.2 Å². The minimum absolute atomic E-state index is 0.114. The van der Waals surface area contributed by atoms with Crippen molar-refractivity contribution in [2.24, 2.45) is 0 Å². The summed E-state index contributed by atoms with van der Waals surface area (Å²) in [7, 11) is 0. The predicted molar refractivity (Wildman–Crippen MR) is 116 cm³/mol. The molecule has 0 spiro atoms. The van der Waals surface area contributed by atoms with Crippen molar-refractivity contribution in [2.75, 3.05) is 0 Å². The predicted octanol–water partition coefficient (Wildman–Crippen LogP) is 5.61. The van der Waals surface area contributed by atoms with E-state index in [2.05, 4.69) is 5.32 Å². The first-order chi connectivity index (χ1) is 15.0. The topological polar surface area (TPSA) is 54.3 Å². The Morgan fingerprint density at radius 1 is 0.968 bits per heavy atom. The van der Waals surface area contributed by atoms with Crippen LogP contribution in [-0.4, -0.2) is 15.6 Å². The number of rotatable bonds is 7. The quantitative estimate of drug-likeness (QED) is 0.393. The lowest BCUT2D eigenvalue weighted by atomic mass is 10.1. The fraction of sp³-hybridized carbons (Fsp3) is 0.125. The van der Waals surface area contributed by atoms with Gasteiger partial charge in [0.1, 0.15) is 17.3 Å². The molecule has 4 nitrogen and oxygen atoms in total. The van der Waals surface area contributed by atoms with Gasteiger partial charge in [-0.15, -0.1) is 0 Å². The molecule has 0 aliphatic carbocycles. The fourth-order valence-corrected chi connectivity index (χ4v) is 3.97. The molecule has 3 aromatic carbocycles. The first-order valence-corrected chi connectivity index (χ1v) is 10.0. The normalized spacial score (nSPS) is 11.2. The van der Waals surface area contributed by atoms with Gasteiger partial charge in [0.25, 0.3) is 0 Å². The van der Waals surface area contributed by atoms with E-state index in [1.807, 2.05) is 24.3 Å². The second kappa shape index (κ2) is 8.88. The van der Waals surface area contributed by atoms with Crippen LogP contribution >= 0.6 is 11.6 Å². The number of hydrogen-bond donors (Lipinski definition) is 2. The Morgan fingerprint density at radius 3 is 2.45 bits per heavy atom. The third-order valence-electron chi connectivity index (χ3n) is 5.20. The Bertz CT molecular complexity index is 1270. The zero-order valence-corrected chi connectivity index (χ0v) is 17.2. The monoisotopic (exact) mass is 440 g/mol. The molecule has 0 fully saturated rings. The van der Waals surface area contributed by atoms with Crippen LogP contribution in [0.5, 0.6) is 0 Å². The molecule has 0 radical (unpaired) electrons. The van der Waals surface area contributed by atoms with Crippen molar-refractivity contribution in [3.63, 3.8) is 0 Å². The van der Waals surface area contributed by atoms with Gasteiger partial charge in [-0.1, -0.05) is 54.1 Å². The Morgan fingerprint density at radius 2 is 1.71 bits per heavy atom. The Labute approximate surface area is 182 Å². The third kappa shape index (κ3) is 4.31. The van der Waals surface area contributed by atoms with Crippen LogP contribution < -0.4 is 5.32 Å². The van der Waals surface area contributed by atoms with Gasteiger partial charge in [-0.05, 0) is 29.8 Å². The minimum atomic E-state index is -1.09. The zero-order valence-electron chi connectivity index (χ0n) is 16.4. The summed E-state index contributed by atoms with van der Waals surface area (Å²) in [6.45, 7) is 0.671. The van der Waals surface area contributed by atoms with Crippen LogP contribution in [0.2, 0.25) is 5.02 Å². The summed E-state index contributed by atoms with van der Waals surface area (Å²) >= 11 is 6.19. The summed E-state index contributed by atoms with van der Waals surface area (Å²) < 4.78 is 29.0. The SMILES string of the molecule is O=C(O)c1c(CNCc2ccccc2F)c2ccccc2n1Cc1ccc(F)cc1Cl. The van der Waals surface area contributed by atoms with Crippen molar-refractivity contribution >= 4 is 28.5 Å². The number of aromatic carboxylic acids is 1. The van der Waals surface area contributed by atoms with Crippen LogP contribution in [0.3, 0.4) is 0 Å². The molecule has 1 heterocycles. The van der Waals surface area contributed by atoms with Gasteiger partial charge in [0.2, 0.25) is 0 Å². The first kappa shape index (κ1) is 21.0. The van der Waals surface area contributed by atoms with Crippen LogP contribution in [0.25, 0.3) is 10.9 Å². The number of fused-ring (bicyclic) bond motifs is 1. The number of carboxylic acid groups (broad SMARTS) is 1. The average molecular weight is 441 g/mol. The highest BCUT2D eigenvalue weighted by molar-refractivity contribution is 6.31. The molecule has 0 amide bonds. The summed E-state index contributed by atoms with van der Waals surface area (Å²) in [5, 5.41) is 14.2. The number of nitrogens with one attached hydrogen (secondary N) is 1. The maximum Gasteiger partial charge on any atom is 0.352 e. The van der Waals surface area contributed by atoms with E-state index >= 15 is 0 Å². The number of para-hydroxylation sites is 1. The van der Waals surface area contributed by atoms with Gasteiger partial charge in [0, 0.05) is 46.7 Å². The zero-order chi connectivity index (χ0) is 22.0. The van der Waals surface area contributed by atoms with Gasteiger partial charge in [0.15, 0.2) is 0 Å². The first-order valence-electron chi connectivity index (χ1n) is 9.67. The third-order valence-corrected chi connectivity index (χ3v) is 5.55. The molecule has 0 saturated carbocycles. The smallest absolute Gasteiger partial charge is 0.352 e. The molecule has 31 heavy (non-hydrogen) atoms. The van der Waals surface area contributed by atoms with E-state index in [9.17, 15) is 18.7 Å². The van der Waals surface area contributed by atoms with Crippen molar-refractivity contribution in [1.29, 1.82) is 0 Å². The lowest BCUT2D eigenvalue weighted by Crippen LogP contribution is -2.17. The standard InChI is InChI=1S/C24H19ClF2N2O2/c25-20-11-17(26)10-9-16(20)14-29-22-8-4-2-6-18(22)19(23(29)24(30)31)13-28-12-15-5-1-3-7-21(15)27/h1-11,28H,12-14H2,(H,30,31). The summed E-state index contributed by atoms with van der Waals surface area (Å²) in [5.74, 6) is -1.86. The number of carboxylic acids is 1. The number of halogens is 3. The molecule has 0 atom stereocenters. The molecule has 0 saturated heterocycles. The highest BCUT2D eigenvalue weighted by atomic mass is 35.5. The Hall–Kier alpha value is -3.22. The van der Waals surface area contributed by atoms with Crippen molar-refractivity contribution < 1.29 is 18.7 Å². The molecule has 4 rings (SSSR count). The molecule has 4 aromatic rings. The van der Waals surface area contributed by atoms with Crippen molar-refractivity contribution in [3.8, 4) is 0 Å². The highest BCUT2D eigenvalue weighted by Gasteiger charge is 2.22. The summed E-state index contributed by atoms with van der Waals surface area (Å²) in [6, 6.07) is 17.8. The molecule has 0 aliphatic rings. The van der Waals surface area contributed by atoms with E-state index in [1.54, 1.807) is 28.8 Å². The van der Waals surface area contributed by atoms with E-state index in [4.69, 9.17) is 11.6 Å². The van der Waals surface area contributed by atoms with E-state index in [0.717, 1.165) is 10.9 Å². The Balaban J connectivity index is 1.72. The summed E-state index contributed by atoms with van der Waals surface area (Å²) in [4.78, 5) is 12.2. The Kier molecular flexibility index (Phi) is 6.02. The van der Waals surface area contributed by atoms with Crippen LogP contribution in [0.4, 0.5) is 8.78 Å². The summed E-state index contributed by atoms with van der Waals surface area (Å²) in [5.41, 5.74) is 2.54. The molecule has 1 aromatic heterocycles.